The summed E-state index contributed by atoms with van der Waals surface area (Å²) < 4.78 is 32.3. The highest BCUT2D eigenvalue weighted by atomic mass is 32.2. The van der Waals surface area contributed by atoms with Crippen molar-refractivity contribution in [1.29, 1.82) is 5.26 Å². The van der Waals surface area contributed by atoms with Crippen molar-refractivity contribution in [3.05, 3.63) is 29.3 Å². The molecule has 1 saturated heterocycles. The zero-order valence-electron chi connectivity index (χ0n) is 12.1. The molecule has 0 aromatic heterocycles. The third-order valence-electron chi connectivity index (χ3n) is 3.56. The predicted molar refractivity (Wildman–Crippen MR) is 78.0 cm³/mol. The monoisotopic (exact) mass is 309 g/mol. The fraction of sp³-hybridized carbons (Fsp3) is 0.500. The second kappa shape index (κ2) is 6.12. The van der Waals surface area contributed by atoms with Gasteiger partial charge in [-0.1, -0.05) is 0 Å². The Labute approximate surface area is 125 Å². The van der Waals surface area contributed by atoms with Gasteiger partial charge in [-0.25, -0.2) is 8.42 Å². The number of benzene rings is 1. The molecule has 7 heteroatoms. The van der Waals surface area contributed by atoms with Crippen molar-refractivity contribution >= 4 is 10.0 Å². The maximum Gasteiger partial charge on any atom is 0.243 e. The van der Waals surface area contributed by atoms with Gasteiger partial charge >= 0.3 is 0 Å². The lowest BCUT2D eigenvalue weighted by atomic mass is 10.2. The van der Waals surface area contributed by atoms with Crippen LogP contribution in [0.1, 0.15) is 18.1 Å². The zero-order chi connectivity index (χ0) is 15.6. The first kappa shape index (κ1) is 15.9. The van der Waals surface area contributed by atoms with Gasteiger partial charge in [0, 0.05) is 19.1 Å². The van der Waals surface area contributed by atoms with Crippen molar-refractivity contribution in [2.75, 3.05) is 19.7 Å². The lowest BCUT2D eigenvalue weighted by molar-refractivity contribution is -0.0120. The molecule has 1 aromatic carbocycles. The van der Waals surface area contributed by atoms with E-state index in [0.717, 1.165) is 0 Å². The molecule has 1 heterocycles. The lowest BCUT2D eigenvalue weighted by Gasteiger charge is -2.34. The van der Waals surface area contributed by atoms with Gasteiger partial charge < -0.3 is 10.5 Å². The van der Waals surface area contributed by atoms with Crippen LogP contribution in [0.3, 0.4) is 0 Å². The molecule has 1 aromatic rings. The number of nitriles is 1. The van der Waals surface area contributed by atoms with E-state index in [1.54, 1.807) is 19.9 Å². The van der Waals surface area contributed by atoms with Crippen molar-refractivity contribution in [3.63, 3.8) is 0 Å². The quantitative estimate of drug-likeness (QED) is 0.882. The molecule has 114 valence electrons. The van der Waals surface area contributed by atoms with Gasteiger partial charge in [0.25, 0.3) is 0 Å². The van der Waals surface area contributed by atoms with Gasteiger partial charge in [-0.2, -0.15) is 9.57 Å². The number of rotatable bonds is 3. The van der Waals surface area contributed by atoms with Gasteiger partial charge in [0.15, 0.2) is 0 Å². The maximum atomic E-state index is 12.7. The number of sulfonamides is 1. The van der Waals surface area contributed by atoms with E-state index in [9.17, 15) is 8.42 Å². The number of nitrogens with zero attached hydrogens (tertiary/aromatic N) is 2. The molecule has 1 aliphatic rings. The Morgan fingerprint density at radius 2 is 2.24 bits per heavy atom. The summed E-state index contributed by atoms with van der Waals surface area (Å²) in [6.45, 7) is 4.39. The summed E-state index contributed by atoms with van der Waals surface area (Å²) >= 11 is 0. The van der Waals surface area contributed by atoms with Gasteiger partial charge in [0.2, 0.25) is 10.0 Å². The molecule has 0 radical (unpaired) electrons. The standard InChI is InChI=1S/C14H19N3O3S/c1-10-7-12(8-15)3-4-14(10)21(18,19)17-5-6-20-13(9-17)11(2)16/h3-4,7,11,13H,5-6,9,16H2,1-2H3. The van der Waals surface area contributed by atoms with Crippen LogP contribution in [0.4, 0.5) is 0 Å². The Kier molecular flexibility index (Phi) is 4.64. The molecule has 0 amide bonds. The van der Waals surface area contributed by atoms with Crippen LogP contribution >= 0.6 is 0 Å². The van der Waals surface area contributed by atoms with Gasteiger partial charge in [0.05, 0.1) is 29.2 Å². The molecular weight excluding hydrogens is 290 g/mol. The third-order valence-corrected chi connectivity index (χ3v) is 5.59. The van der Waals surface area contributed by atoms with E-state index in [-0.39, 0.29) is 23.6 Å². The number of morpholine rings is 1. The number of hydrogen-bond acceptors (Lipinski definition) is 5. The summed E-state index contributed by atoms with van der Waals surface area (Å²) in [4.78, 5) is 0.229. The van der Waals surface area contributed by atoms with Crippen LogP contribution in [0, 0.1) is 18.3 Å². The summed E-state index contributed by atoms with van der Waals surface area (Å²) in [6.07, 6.45) is -0.299. The largest absolute Gasteiger partial charge is 0.374 e. The van der Waals surface area contributed by atoms with E-state index < -0.39 is 10.0 Å². The number of aryl methyl sites for hydroxylation is 1. The maximum absolute atomic E-state index is 12.7. The molecule has 1 aliphatic heterocycles. The van der Waals surface area contributed by atoms with Gasteiger partial charge in [-0.05, 0) is 37.6 Å². The Hall–Kier alpha value is -1.46. The lowest BCUT2D eigenvalue weighted by Crippen LogP contribution is -2.51. The van der Waals surface area contributed by atoms with Crippen LogP contribution < -0.4 is 5.73 Å². The van der Waals surface area contributed by atoms with Gasteiger partial charge in [-0.15, -0.1) is 0 Å². The van der Waals surface area contributed by atoms with Crippen LogP contribution in [-0.4, -0.2) is 44.6 Å². The summed E-state index contributed by atoms with van der Waals surface area (Å²) in [7, 11) is -3.60. The van der Waals surface area contributed by atoms with Crippen molar-refractivity contribution < 1.29 is 13.2 Å². The summed E-state index contributed by atoms with van der Waals surface area (Å²) in [6, 6.07) is 6.35. The van der Waals surface area contributed by atoms with E-state index >= 15 is 0 Å². The van der Waals surface area contributed by atoms with Crippen LogP contribution in [0.2, 0.25) is 0 Å². The Balaban J connectivity index is 2.32. The van der Waals surface area contributed by atoms with Crippen LogP contribution in [0.5, 0.6) is 0 Å². The molecule has 0 aliphatic carbocycles. The molecule has 0 spiro atoms. The smallest absolute Gasteiger partial charge is 0.243 e. The van der Waals surface area contributed by atoms with Crippen LogP contribution in [-0.2, 0) is 14.8 Å². The summed E-state index contributed by atoms with van der Waals surface area (Å²) in [5.74, 6) is 0. The van der Waals surface area contributed by atoms with E-state index in [1.807, 2.05) is 6.07 Å². The van der Waals surface area contributed by atoms with E-state index in [2.05, 4.69) is 0 Å². The molecule has 6 nitrogen and oxygen atoms in total. The second-order valence-electron chi connectivity index (χ2n) is 5.22. The molecule has 2 N–H and O–H groups in total. The van der Waals surface area contributed by atoms with E-state index in [0.29, 0.717) is 24.3 Å². The first-order valence-corrected chi connectivity index (χ1v) is 8.18. The zero-order valence-corrected chi connectivity index (χ0v) is 12.9. The Bertz CT molecular complexity index is 665. The number of nitrogens with two attached hydrogens (primary N) is 1. The summed E-state index contributed by atoms with van der Waals surface area (Å²) in [5, 5.41) is 8.86. The number of ether oxygens (including phenoxy) is 1. The molecule has 0 bridgehead atoms. The molecule has 1 fully saturated rings. The molecule has 0 saturated carbocycles. The average molecular weight is 309 g/mol. The first-order chi connectivity index (χ1) is 9.86. The SMILES string of the molecule is Cc1cc(C#N)ccc1S(=O)(=O)N1CCOC(C(C)N)C1. The Morgan fingerprint density at radius 3 is 2.81 bits per heavy atom. The van der Waals surface area contributed by atoms with Gasteiger partial charge in [0.1, 0.15) is 0 Å². The molecular formula is C14H19N3O3S. The molecule has 2 atom stereocenters. The van der Waals surface area contributed by atoms with E-state index in [4.69, 9.17) is 15.7 Å². The van der Waals surface area contributed by atoms with Crippen molar-refractivity contribution in [2.45, 2.75) is 30.9 Å². The normalized spacial score (nSPS) is 21.7. The second-order valence-corrected chi connectivity index (χ2v) is 7.13. The highest BCUT2D eigenvalue weighted by Gasteiger charge is 2.33. The Morgan fingerprint density at radius 1 is 1.52 bits per heavy atom. The fourth-order valence-corrected chi connectivity index (χ4v) is 3.98. The highest BCUT2D eigenvalue weighted by Crippen LogP contribution is 2.23. The van der Waals surface area contributed by atoms with Crippen LogP contribution in [0.25, 0.3) is 0 Å². The minimum Gasteiger partial charge on any atom is -0.374 e. The average Bonchev–Trinajstić information content (AvgIpc) is 2.46. The molecule has 21 heavy (non-hydrogen) atoms. The van der Waals surface area contributed by atoms with E-state index in [1.165, 1.54) is 16.4 Å². The first-order valence-electron chi connectivity index (χ1n) is 6.74. The highest BCUT2D eigenvalue weighted by molar-refractivity contribution is 7.89. The summed E-state index contributed by atoms with van der Waals surface area (Å²) in [5.41, 5.74) is 6.81. The fourth-order valence-electron chi connectivity index (χ4n) is 2.33. The number of hydrogen-bond donors (Lipinski definition) is 1. The molecule has 2 rings (SSSR count). The third kappa shape index (κ3) is 3.24. The molecule has 2 unspecified atom stereocenters. The topological polar surface area (TPSA) is 96.4 Å². The minimum absolute atomic E-state index is 0.229. The van der Waals surface area contributed by atoms with Gasteiger partial charge in [-0.3, -0.25) is 0 Å². The van der Waals surface area contributed by atoms with Crippen LogP contribution in [0.15, 0.2) is 23.1 Å². The minimum atomic E-state index is -3.60. The van der Waals surface area contributed by atoms with Crippen molar-refractivity contribution in [3.8, 4) is 6.07 Å². The van der Waals surface area contributed by atoms with Crippen molar-refractivity contribution in [1.82, 2.24) is 4.31 Å². The van der Waals surface area contributed by atoms with Crippen molar-refractivity contribution in [2.24, 2.45) is 5.73 Å². The predicted octanol–water partition coefficient (Wildman–Crippen LogP) is 0.603.